The Kier molecular flexibility index (Phi) is 5.99. The van der Waals surface area contributed by atoms with Gasteiger partial charge in [-0.15, -0.1) is 0 Å². The summed E-state index contributed by atoms with van der Waals surface area (Å²) < 4.78 is 29.1. The van der Waals surface area contributed by atoms with Crippen molar-refractivity contribution in [1.29, 1.82) is 0 Å². The van der Waals surface area contributed by atoms with Crippen LogP contribution in [0.2, 0.25) is 0 Å². The van der Waals surface area contributed by atoms with Crippen molar-refractivity contribution in [2.24, 2.45) is 5.73 Å². The van der Waals surface area contributed by atoms with Crippen LogP contribution in [-0.4, -0.2) is 23.4 Å². The number of anilines is 1. The standard InChI is InChI=1S/C17H17F2N3O3/c1-2-15(23)22(14-9-12(16(20)24)6-7-21-14)10-11-4-3-5-13(8-11)25-17(18)19/h3-9,17H,2,10H2,1H3,(H2,20,24). The highest BCUT2D eigenvalue weighted by Crippen LogP contribution is 2.21. The molecule has 2 rings (SSSR count). The van der Waals surface area contributed by atoms with Gasteiger partial charge in [-0.2, -0.15) is 8.78 Å². The van der Waals surface area contributed by atoms with Crippen molar-refractivity contribution in [3.8, 4) is 5.75 Å². The molecule has 25 heavy (non-hydrogen) atoms. The molecule has 0 aliphatic rings. The van der Waals surface area contributed by atoms with E-state index in [0.29, 0.717) is 5.56 Å². The van der Waals surface area contributed by atoms with Crippen molar-refractivity contribution in [1.82, 2.24) is 4.98 Å². The zero-order chi connectivity index (χ0) is 18.4. The van der Waals surface area contributed by atoms with Gasteiger partial charge in [0.05, 0.1) is 6.54 Å². The molecule has 0 radical (unpaired) electrons. The normalized spacial score (nSPS) is 10.6. The zero-order valence-corrected chi connectivity index (χ0v) is 13.5. The minimum atomic E-state index is -2.93. The lowest BCUT2D eigenvalue weighted by atomic mass is 10.1. The quantitative estimate of drug-likeness (QED) is 0.833. The Morgan fingerprint density at radius 3 is 2.68 bits per heavy atom. The third-order valence-electron chi connectivity index (χ3n) is 3.37. The van der Waals surface area contributed by atoms with Gasteiger partial charge >= 0.3 is 6.61 Å². The zero-order valence-electron chi connectivity index (χ0n) is 13.5. The number of hydrogen-bond donors (Lipinski definition) is 1. The van der Waals surface area contributed by atoms with E-state index in [1.54, 1.807) is 19.1 Å². The van der Waals surface area contributed by atoms with Gasteiger partial charge in [0.15, 0.2) is 0 Å². The molecule has 0 aliphatic carbocycles. The first-order chi connectivity index (χ1) is 11.9. The van der Waals surface area contributed by atoms with Gasteiger partial charge in [0.2, 0.25) is 11.8 Å². The lowest BCUT2D eigenvalue weighted by molar-refractivity contribution is -0.118. The van der Waals surface area contributed by atoms with Crippen LogP contribution in [0.15, 0.2) is 42.6 Å². The van der Waals surface area contributed by atoms with Crippen LogP contribution in [0.5, 0.6) is 5.75 Å². The number of primary amides is 1. The average molecular weight is 349 g/mol. The maximum Gasteiger partial charge on any atom is 0.387 e. The molecule has 1 heterocycles. The van der Waals surface area contributed by atoms with Crippen LogP contribution in [0.4, 0.5) is 14.6 Å². The van der Waals surface area contributed by atoms with Gasteiger partial charge < -0.3 is 10.5 Å². The van der Waals surface area contributed by atoms with E-state index in [-0.39, 0.29) is 36.0 Å². The molecule has 0 saturated heterocycles. The predicted molar refractivity (Wildman–Crippen MR) is 87.3 cm³/mol. The number of halogens is 2. The maximum atomic E-state index is 12.3. The third-order valence-corrected chi connectivity index (χ3v) is 3.37. The summed E-state index contributed by atoms with van der Waals surface area (Å²) in [6, 6.07) is 8.89. The van der Waals surface area contributed by atoms with Gasteiger partial charge in [0.25, 0.3) is 0 Å². The molecule has 0 bridgehead atoms. The summed E-state index contributed by atoms with van der Waals surface area (Å²) in [6.07, 6.45) is 1.58. The van der Waals surface area contributed by atoms with E-state index in [1.807, 2.05) is 0 Å². The molecule has 0 atom stereocenters. The highest BCUT2D eigenvalue weighted by molar-refractivity contribution is 5.96. The molecular formula is C17H17F2N3O3. The molecule has 0 aliphatic heterocycles. The summed E-state index contributed by atoms with van der Waals surface area (Å²) in [6.45, 7) is -1.16. The lowest BCUT2D eigenvalue weighted by Crippen LogP contribution is -2.30. The number of rotatable bonds is 7. The molecule has 1 aromatic heterocycles. The molecule has 0 saturated carbocycles. The highest BCUT2D eigenvalue weighted by Gasteiger charge is 2.17. The molecule has 8 heteroatoms. The molecule has 6 nitrogen and oxygen atoms in total. The Hall–Kier alpha value is -3.03. The fraction of sp³-hybridized carbons (Fsp3) is 0.235. The molecule has 2 N–H and O–H groups in total. The number of nitrogens with zero attached hydrogens (tertiary/aromatic N) is 2. The lowest BCUT2D eigenvalue weighted by Gasteiger charge is -2.22. The Morgan fingerprint density at radius 1 is 1.28 bits per heavy atom. The van der Waals surface area contributed by atoms with Crippen LogP contribution < -0.4 is 15.4 Å². The Morgan fingerprint density at radius 2 is 2.04 bits per heavy atom. The summed E-state index contributed by atoms with van der Waals surface area (Å²) in [7, 11) is 0. The number of aromatic nitrogens is 1. The Balaban J connectivity index is 2.31. The number of alkyl halides is 2. The molecule has 0 unspecified atom stereocenters. The van der Waals surface area contributed by atoms with Gasteiger partial charge in [-0.1, -0.05) is 19.1 Å². The summed E-state index contributed by atoms with van der Waals surface area (Å²) in [4.78, 5) is 29.1. The second-order valence-electron chi connectivity index (χ2n) is 5.13. The van der Waals surface area contributed by atoms with E-state index in [4.69, 9.17) is 5.73 Å². The molecule has 2 amide bonds. The topological polar surface area (TPSA) is 85.5 Å². The van der Waals surface area contributed by atoms with Gasteiger partial charge in [-0.05, 0) is 29.8 Å². The number of carbonyl (C=O) groups excluding carboxylic acids is 2. The van der Waals surface area contributed by atoms with Crippen molar-refractivity contribution < 1.29 is 23.1 Å². The summed E-state index contributed by atoms with van der Waals surface area (Å²) in [5, 5.41) is 0. The van der Waals surface area contributed by atoms with Crippen LogP contribution in [0.1, 0.15) is 29.3 Å². The van der Waals surface area contributed by atoms with E-state index >= 15 is 0 Å². The minimum absolute atomic E-state index is 0.00440. The molecule has 0 fully saturated rings. The van der Waals surface area contributed by atoms with Crippen LogP contribution in [-0.2, 0) is 11.3 Å². The van der Waals surface area contributed by atoms with Gasteiger partial charge in [0.1, 0.15) is 11.6 Å². The molecule has 132 valence electrons. The van der Waals surface area contributed by atoms with E-state index < -0.39 is 12.5 Å². The fourth-order valence-electron chi connectivity index (χ4n) is 2.21. The van der Waals surface area contributed by atoms with E-state index in [9.17, 15) is 18.4 Å². The number of pyridine rings is 1. The van der Waals surface area contributed by atoms with Crippen LogP contribution in [0.25, 0.3) is 0 Å². The number of ether oxygens (including phenoxy) is 1. The van der Waals surface area contributed by atoms with Crippen molar-refractivity contribution in [3.05, 3.63) is 53.7 Å². The van der Waals surface area contributed by atoms with Crippen LogP contribution >= 0.6 is 0 Å². The summed E-state index contributed by atoms with van der Waals surface area (Å²) in [5.41, 5.74) is 6.04. The fourth-order valence-corrected chi connectivity index (χ4v) is 2.21. The predicted octanol–water partition coefficient (Wildman–Crippen LogP) is 2.73. The van der Waals surface area contributed by atoms with Crippen molar-refractivity contribution in [2.75, 3.05) is 4.90 Å². The van der Waals surface area contributed by atoms with Crippen molar-refractivity contribution in [3.63, 3.8) is 0 Å². The number of nitrogens with two attached hydrogens (primary N) is 1. The summed E-state index contributed by atoms with van der Waals surface area (Å²) in [5.74, 6) is -0.632. The first kappa shape index (κ1) is 18.3. The third kappa shape index (κ3) is 4.97. The number of amides is 2. The van der Waals surface area contributed by atoms with Crippen LogP contribution in [0.3, 0.4) is 0 Å². The van der Waals surface area contributed by atoms with Gasteiger partial charge in [-0.3, -0.25) is 14.5 Å². The Labute approximate surface area is 143 Å². The second kappa shape index (κ2) is 8.18. The van der Waals surface area contributed by atoms with E-state index in [1.165, 1.54) is 35.4 Å². The van der Waals surface area contributed by atoms with Crippen molar-refractivity contribution >= 4 is 17.6 Å². The van der Waals surface area contributed by atoms with Crippen molar-refractivity contribution in [2.45, 2.75) is 26.5 Å². The van der Waals surface area contributed by atoms with Gasteiger partial charge in [-0.25, -0.2) is 4.98 Å². The monoisotopic (exact) mass is 349 g/mol. The molecule has 0 spiro atoms. The first-order valence-corrected chi connectivity index (χ1v) is 7.50. The first-order valence-electron chi connectivity index (χ1n) is 7.50. The largest absolute Gasteiger partial charge is 0.435 e. The van der Waals surface area contributed by atoms with E-state index in [2.05, 4.69) is 9.72 Å². The molecule has 1 aromatic carbocycles. The molecular weight excluding hydrogens is 332 g/mol. The van der Waals surface area contributed by atoms with E-state index in [0.717, 1.165) is 0 Å². The minimum Gasteiger partial charge on any atom is -0.435 e. The number of hydrogen-bond acceptors (Lipinski definition) is 4. The smallest absolute Gasteiger partial charge is 0.387 e. The van der Waals surface area contributed by atoms with Gasteiger partial charge in [0, 0.05) is 18.2 Å². The highest BCUT2D eigenvalue weighted by atomic mass is 19.3. The molecule has 2 aromatic rings. The van der Waals surface area contributed by atoms with Crippen LogP contribution in [0, 0.1) is 0 Å². The second-order valence-corrected chi connectivity index (χ2v) is 5.13. The average Bonchev–Trinajstić information content (AvgIpc) is 2.59. The number of carbonyl (C=O) groups is 2. The summed E-state index contributed by atoms with van der Waals surface area (Å²) >= 11 is 0. The maximum absolute atomic E-state index is 12.3. The SMILES string of the molecule is CCC(=O)N(Cc1cccc(OC(F)F)c1)c1cc(C(N)=O)ccn1. The Bertz CT molecular complexity index is 768. The number of benzene rings is 1.